The minimum atomic E-state index is 0.315. The fourth-order valence-electron chi connectivity index (χ4n) is 1.34. The summed E-state index contributed by atoms with van der Waals surface area (Å²) in [6.07, 6.45) is 5.07. The van der Waals surface area contributed by atoms with Crippen LogP contribution in [0.25, 0.3) is 5.82 Å². The molecule has 0 fully saturated rings. The minimum absolute atomic E-state index is 0.315. The maximum atomic E-state index is 10.5. The number of aldehydes is 1. The Morgan fingerprint density at radius 1 is 1.53 bits per heavy atom. The van der Waals surface area contributed by atoms with Crippen LogP contribution in [0.5, 0.6) is 5.75 Å². The number of methoxy groups -OCH3 is 1. The van der Waals surface area contributed by atoms with Crippen LogP contribution >= 0.6 is 0 Å². The number of nitriles is 1. The number of carbonyl (C=O) groups excluding carboxylic acids is 1. The monoisotopic (exact) mass is 228 g/mol. The van der Waals surface area contributed by atoms with Crippen molar-refractivity contribution in [1.82, 2.24) is 14.5 Å². The number of aromatic nitrogens is 3. The van der Waals surface area contributed by atoms with E-state index >= 15 is 0 Å². The molecule has 0 aliphatic carbocycles. The first kappa shape index (κ1) is 10.8. The number of rotatable bonds is 3. The van der Waals surface area contributed by atoms with Crippen LogP contribution in [0.15, 0.2) is 24.8 Å². The molecule has 0 spiro atoms. The smallest absolute Gasteiger partial charge is 0.170 e. The molecule has 0 aliphatic rings. The maximum absolute atomic E-state index is 10.5. The zero-order valence-electron chi connectivity index (χ0n) is 8.99. The van der Waals surface area contributed by atoms with Crippen LogP contribution in [0.4, 0.5) is 0 Å². The highest BCUT2D eigenvalue weighted by Crippen LogP contribution is 2.19. The molecule has 0 aromatic carbocycles. The fraction of sp³-hybridized carbons (Fsp3) is 0.0909. The molecule has 0 amide bonds. The lowest BCUT2D eigenvalue weighted by Crippen LogP contribution is -1.97. The lowest BCUT2D eigenvalue weighted by atomic mass is 10.3. The van der Waals surface area contributed by atoms with Gasteiger partial charge in [-0.2, -0.15) is 5.26 Å². The van der Waals surface area contributed by atoms with Gasteiger partial charge in [0.1, 0.15) is 35.2 Å². The Kier molecular flexibility index (Phi) is 2.83. The predicted molar refractivity (Wildman–Crippen MR) is 58.0 cm³/mol. The first-order chi connectivity index (χ1) is 8.28. The van der Waals surface area contributed by atoms with Crippen molar-refractivity contribution >= 4 is 6.29 Å². The summed E-state index contributed by atoms with van der Waals surface area (Å²) in [7, 11) is 1.48. The zero-order chi connectivity index (χ0) is 12.3. The zero-order valence-corrected chi connectivity index (χ0v) is 8.99. The average molecular weight is 228 g/mol. The SMILES string of the molecule is COc1cc(-n2cnc(C=O)c2)ncc1C#N. The number of ether oxygens (including phenoxy) is 1. The van der Waals surface area contributed by atoms with Crippen LogP contribution < -0.4 is 4.74 Å². The average Bonchev–Trinajstić information content (AvgIpc) is 2.86. The summed E-state index contributed by atoms with van der Waals surface area (Å²) >= 11 is 0. The highest BCUT2D eigenvalue weighted by atomic mass is 16.5. The second-order valence-corrected chi connectivity index (χ2v) is 3.18. The van der Waals surface area contributed by atoms with Crippen molar-refractivity contribution < 1.29 is 9.53 Å². The summed E-state index contributed by atoms with van der Waals surface area (Å²) in [6.45, 7) is 0. The van der Waals surface area contributed by atoms with E-state index in [2.05, 4.69) is 9.97 Å². The van der Waals surface area contributed by atoms with Gasteiger partial charge in [0.2, 0.25) is 0 Å². The van der Waals surface area contributed by atoms with Gasteiger partial charge in [0.05, 0.1) is 13.3 Å². The van der Waals surface area contributed by atoms with Crippen molar-refractivity contribution in [3.05, 3.63) is 36.0 Å². The number of hydrogen-bond acceptors (Lipinski definition) is 5. The Bertz CT molecular complexity index is 598. The topological polar surface area (TPSA) is 80.8 Å². The van der Waals surface area contributed by atoms with Crippen molar-refractivity contribution in [3.63, 3.8) is 0 Å². The first-order valence-corrected chi connectivity index (χ1v) is 4.72. The van der Waals surface area contributed by atoms with Gasteiger partial charge in [-0.3, -0.25) is 9.36 Å². The Balaban J connectivity index is 2.46. The number of pyridine rings is 1. The normalized spacial score (nSPS) is 9.65. The minimum Gasteiger partial charge on any atom is -0.495 e. The molecule has 2 aromatic rings. The molecule has 6 nitrogen and oxygen atoms in total. The largest absolute Gasteiger partial charge is 0.495 e. The Morgan fingerprint density at radius 2 is 2.35 bits per heavy atom. The second kappa shape index (κ2) is 4.45. The van der Waals surface area contributed by atoms with E-state index in [1.165, 1.54) is 19.6 Å². The highest BCUT2D eigenvalue weighted by molar-refractivity contribution is 5.71. The molecule has 0 N–H and O–H groups in total. The van der Waals surface area contributed by atoms with Gasteiger partial charge in [0.15, 0.2) is 6.29 Å². The van der Waals surface area contributed by atoms with Crippen molar-refractivity contribution in [2.75, 3.05) is 7.11 Å². The van der Waals surface area contributed by atoms with Gasteiger partial charge in [-0.25, -0.2) is 9.97 Å². The standard InChI is InChI=1S/C11H8N4O2/c1-17-10-2-11(13-4-8(10)3-12)15-5-9(6-16)14-7-15/h2,4-7H,1H3. The lowest BCUT2D eigenvalue weighted by molar-refractivity contribution is 0.111. The molecule has 2 rings (SSSR count). The second-order valence-electron chi connectivity index (χ2n) is 3.18. The summed E-state index contributed by atoms with van der Waals surface area (Å²) in [6, 6.07) is 3.58. The molecule has 0 saturated carbocycles. The van der Waals surface area contributed by atoms with E-state index in [0.717, 1.165) is 0 Å². The molecule has 84 valence electrons. The van der Waals surface area contributed by atoms with Gasteiger partial charge in [0.25, 0.3) is 0 Å². The number of nitrogens with zero attached hydrogens (tertiary/aromatic N) is 4. The van der Waals surface area contributed by atoms with Crippen molar-refractivity contribution in [2.45, 2.75) is 0 Å². The predicted octanol–water partition coefficient (Wildman–Crippen LogP) is 0.960. The molecule has 0 unspecified atom stereocenters. The first-order valence-electron chi connectivity index (χ1n) is 4.72. The number of carbonyl (C=O) groups is 1. The third kappa shape index (κ3) is 1.99. The molecule has 0 bridgehead atoms. The molecule has 2 heterocycles. The van der Waals surface area contributed by atoms with E-state index < -0.39 is 0 Å². The van der Waals surface area contributed by atoms with Gasteiger partial charge in [0, 0.05) is 12.3 Å². The van der Waals surface area contributed by atoms with Gasteiger partial charge in [-0.1, -0.05) is 0 Å². The van der Waals surface area contributed by atoms with E-state index in [1.807, 2.05) is 6.07 Å². The van der Waals surface area contributed by atoms with E-state index in [0.29, 0.717) is 29.1 Å². The third-order valence-electron chi connectivity index (χ3n) is 2.18. The van der Waals surface area contributed by atoms with Gasteiger partial charge in [-0.15, -0.1) is 0 Å². The summed E-state index contributed by atoms with van der Waals surface area (Å²) in [5, 5.41) is 8.82. The molecule has 0 radical (unpaired) electrons. The van der Waals surface area contributed by atoms with Crippen LogP contribution in [-0.2, 0) is 0 Å². The highest BCUT2D eigenvalue weighted by Gasteiger charge is 2.07. The summed E-state index contributed by atoms with van der Waals surface area (Å²) in [5.74, 6) is 0.959. The summed E-state index contributed by atoms with van der Waals surface area (Å²) in [4.78, 5) is 18.4. The van der Waals surface area contributed by atoms with Crippen LogP contribution in [0.3, 0.4) is 0 Å². The molecular weight excluding hydrogens is 220 g/mol. The molecule has 0 atom stereocenters. The summed E-state index contributed by atoms with van der Waals surface area (Å²) in [5.41, 5.74) is 0.669. The van der Waals surface area contributed by atoms with Gasteiger partial charge in [-0.05, 0) is 0 Å². The molecule has 2 aromatic heterocycles. The Hall–Kier alpha value is -2.68. The quantitative estimate of drug-likeness (QED) is 0.731. The van der Waals surface area contributed by atoms with E-state index in [-0.39, 0.29) is 0 Å². The summed E-state index contributed by atoms with van der Waals surface area (Å²) < 4.78 is 6.64. The van der Waals surface area contributed by atoms with E-state index in [1.54, 1.807) is 16.8 Å². The molecular formula is C11H8N4O2. The van der Waals surface area contributed by atoms with Crippen molar-refractivity contribution in [2.24, 2.45) is 0 Å². The molecule has 17 heavy (non-hydrogen) atoms. The van der Waals surface area contributed by atoms with E-state index in [4.69, 9.17) is 10.00 Å². The van der Waals surface area contributed by atoms with Crippen LogP contribution in [-0.4, -0.2) is 27.9 Å². The molecule has 6 heteroatoms. The molecule has 0 saturated heterocycles. The van der Waals surface area contributed by atoms with Gasteiger partial charge < -0.3 is 4.74 Å². The van der Waals surface area contributed by atoms with E-state index in [9.17, 15) is 4.79 Å². The fourth-order valence-corrected chi connectivity index (χ4v) is 1.34. The number of hydrogen-bond donors (Lipinski definition) is 0. The van der Waals surface area contributed by atoms with Crippen LogP contribution in [0, 0.1) is 11.3 Å². The third-order valence-corrected chi connectivity index (χ3v) is 2.18. The van der Waals surface area contributed by atoms with Crippen LogP contribution in [0.2, 0.25) is 0 Å². The van der Waals surface area contributed by atoms with Crippen molar-refractivity contribution in [3.8, 4) is 17.6 Å². The Morgan fingerprint density at radius 3 is 2.94 bits per heavy atom. The van der Waals surface area contributed by atoms with Crippen LogP contribution in [0.1, 0.15) is 16.1 Å². The molecule has 0 aliphatic heterocycles. The van der Waals surface area contributed by atoms with Crippen molar-refractivity contribution in [1.29, 1.82) is 5.26 Å². The maximum Gasteiger partial charge on any atom is 0.170 e. The lowest BCUT2D eigenvalue weighted by Gasteiger charge is -2.05. The number of imidazole rings is 1. The van der Waals surface area contributed by atoms with Gasteiger partial charge >= 0.3 is 0 Å². The Labute approximate surface area is 97.1 Å².